The van der Waals surface area contributed by atoms with Crippen molar-refractivity contribution < 1.29 is 17.2 Å². The highest BCUT2D eigenvalue weighted by atomic mass is 32.2. The summed E-state index contributed by atoms with van der Waals surface area (Å²) in [5, 5.41) is 0. The third-order valence-electron chi connectivity index (χ3n) is 5.42. The fourth-order valence-electron chi connectivity index (χ4n) is 3.63. The van der Waals surface area contributed by atoms with E-state index in [1.54, 1.807) is 30.3 Å². The molecule has 7 heteroatoms. The van der Waals surface area contributed by atoms with Gasteiger partial charge in [0, 0.05) is 19.1 Å². The zero-order valence-corrected chi connectivity index (χ0v) is 17.0. The van der Waals surface area contributed by atoms with Crippen LogP contribution < -0.4 is 4.72 Å². The first-order valence-corrected chi connectivity index (χ1v) is 11.0. The Labute approximate surface area is 165 Å². The smallest absolute Gasteiger partial charge is 0.240 e. The van der Waals surface area contributed by atoms with E-state index in [1.165, 1.54) is 6.07 Å². The standard InChI is InChI=1S/C21H26F2N2O2S/c1-15-5-8-19(9-6-15)28(26,27)24-13-17-4-3-11-25(14-17)16(2)18-7-10-20(22)21(23)12-18/h5-10,12,16-17,24H,3-4,11,13-14H2,1-2H3. The molecule has 2 unspecified atom stereocenters. The summed E-state index contributed by atoms with van der Waals surface area (Å²) in [4.78, 5) is 2.46. The number of nitrogens with zero attached hydrogens (tertiary/aromatic N) is 1. The molecule has 2 aromatic carbocycles. The van der Waals surface area contributed by atoms with Crippen LogP contribution in [-0.4, -0.2) is 33.0 Å². The molecule has 1 saturated heterocycles. The Bertz CT molecular complexity index is 917. The molecule has 1 aliphatic heterocycles. The molecule has 0 spiro atoms. The highest BCUT2D eigenvalue weighted by molar-refractivity contribution is 7.89. The van der Waals surface area contributed by atoms with Crippen molar-refractivity contribution in [1.82, 2.24) is 9.62 Å². The van der Waals surface area contributed by atoms with Crippen LogP contribution >= 0.6 is 0 Å². The van der Waals surface area contributed by atoms with Gasteiger partial charge in [0.2, 0.25) is 10.0 Å². The van der Waals surface area contributed by atoms with Crippen molar-refractivity contribution >= 4 is 10.0 Å². The molecule has 1 fully saturated rings. The van der Waals surface area contributed by atoms with E-state index in [2.05, 4.69) is 9.62 Å². The number of hydrogen-bond donors (Lipinski definition) is 1. The monoisotopic (exact) mass is 408 g/mol. The van der Waals surface area contributed by atoms with E-state index in [9.17, 15) is 17.2 Å². The SMILES string of the molecule is Cc1ccc(S(=O)(=O)NCC2CCCN(C(C)c3ccc(F)c(F)c3)C2)cc1. The number of piperidine rings is 1. The van der Waals surface area contributed by atoms with E-state index in [-0.39, 0.29) is 16.9 Å². The first kappa shape index (κ1) is 20.9. The van der Waals surface area contributed by atoms with E-state index in [0.29, 0.717) is 13.1 Å². The normalized spacial score (nSPS) is 19.5. The molecule has 1 aliphatic rings. The second-order valence-electron chi connectivity index (χ2n) is 7.52. The predicted octanol–water partition coefficient (Wildman–Crippen LogP) is 4.02. The van der Waals surface area contributed by atoms with E-state index < -0.39 is 21.7 Å². The first-order chi connectivity index (χ1) is 13.3. The lowest BCUT2D eigenvalue weighted by Crippen LogP contribution is -2.42. The number of rotatable bonds is 6. The number of halogens is 2. The van der Waals surface area contributed by atoms with Crippen LogP contribution in [-0.2, 0) is 10.0 Å². The van der Waals surface area contributed by atoms with Gasteiger partial charge in [-0.05, 0) is 69.0 Å². The molecule has 4 nitrogen and oxygen atoms in total. The molecule has 152 valence electrons. The Hall–Kier alpha value is -1.83. The average Bonchev–Trinajstić information content (AvgIpc) is 2.68. The van der Waals surface area contributed by atoms with Crippen LogP contribution in [0.5, 0.6) is 0 Å². The fraction of sp³-hybridized carbons (Fsp3) is 0.429. The Morgan fingerprint density at radius 1 is 1.14 bits per heavy atom. The fourth-order valence-corrected chi connectivity index (χ4v) is 4.74. The molecular weight excluding hydrogens is 382 g/mol. The number of aryl methyl sites for hydroxylation is 1. The lowest BCUT2D eigenvalue weighted by molar-refractivity contribution is 0.133. The summed E-state index contributed by atoms with van der Waals surface area (Å²) in [7, 11) is -3.54. The van der Waals surface area contributed by atoms with Gasteiger partial charge in [-0.3, -0.25) is 4.90 Å². The Balaban J connectivity index is 1.61. The van der Waals surface area contributed by atoms with Gasteiger partial charge in [-0.1, -0.05) is 23.8 Å². The van der Waals surface area contributed by atoms with Crippen molar-refractivity contribution in [3.8, 4) is 0 Å². The minimum absolute atomic E-state index is 0.0633. The molecule has 1 N–H and O–H groups in total. The van der Waals surface area contributed by atoms with Crippen molar-refractivity contribution in [2.45, 2.75) is 37.6 Å². The topological polar surface area (TPSA) is 49.4 Å². The zero-order valence-electron chi connectivity index (χ0n) is 16.2. The van der Waals surface area contributed by atoms with Gasteiger partial charge in [0.15, 0.2) is 11.6 Å². The Morgan fingerprint density at radius 3 is 2.54 bits per heavy atom. The van der Waals surface area contributed by atoms with Gasteiger partial charge in [0.25, 0.3) is 0 Å². The molecular formula is C21H26F2N2O2S. The largest absolute Gasteiger partial charge is 0.296 e. The second-order valence-corrected chi connectivity index (χ2v) is 9.28. The maximum absolute atomic E-state index is 13.6. The van der Waals surface area contributed by atoms with Gasteiger partial charge >= 0.3 is 0 Å². The lowest BCUT2D eigenvalue weighted by atomic mass is 9.95. The Morgan fingerprint density at radius 2 is 1.86 bits per heavy atom. The molecule has 0 aromatic heterocycles. The van der Waals surface area contributed by atoms with Crippen LogP contribution in [0.1, 0.15) is 36.9 Å². The van der Waals surface area contributed by atoms with E-state index in [4.69, 9.17) is 0 Å². The summed E-state index contributed by atoms with van der Waals surface area (Å²) >= 11 is 0. The van der Waals surface area contributed by atoms with E-state index in [1.807, 2.05) is 13.8 Å². The zero-order chi connectivity index (χ0) is 20.3. The van der Waals surface area contributed by atoms with Crippen LogP contribution in [0.2, 0.25) is 0 Å². The Kier molecular flexibility index (Phi) is 6.47. The molecule has 2 aromatic rings. The van der Waals surface area contributed by atoms with Crippen LogP contribution in [0, 0.1) is 24.5 Å². The third-order valence-corrected chi connectivity index (χ3v) is 6.86. The van der Waals surface area contributed by atoms with Gasteiger partial charge in [0.1, 0.15) is 0 Å². The van der Waals surface area contributed by atoms with Gasteiger partial charge in [0.05, 0.1) is 4.90 Å². The van der Waals surface area contributed by atoms with Gasteiger partial charge in [-0.25, -0.2) is 21.9 Å². The summed E-state index contributed by atoms with van der Waals surface area (Å²) < 4.78 is 54.4. The van der Waals surface area contributed by atoms with Crippen molar-refractivity contribution in [3.05, 3.63) is 65.2 Å². The molecule has 0 bridgehead atoms. The molecule has 1 heterocycles. The molecule has 2 atom stereocenters. The highest BCUT2D eigenvalue weighted by Crippen LogP contribution is 2.27. The number of sulfonamides is 1. The first-order valence-electron chi connectivity index (χ1n) is 9.51. The average molecular weight is 409 g/mol. The maximum Gasteiger partial charge on any atom is 0.240 e. The summed E-state index contributed by atoms with van der Waals surface area (Å²) in [5.41, 5.74) is 1.73. The summed E-state index contributed by atoms with van der Waals surface area (Å²) in [5.74, 6) is -1.52. The van der Waals surface area contributed by atoms with Crippen molar-refractivity contribution in [2.75, 3.05) is 19.6 Å². The number of benzene rings is 2. The summed E-state index contributed by atoms with van der Waals surface area (Å²) in [6.45, 7) is 5.79. The quantitative estimate of drug-likeness (QED) is 0.785. The van der Waals surface area contributed by atoms with Gasteiger partial charge in [-0.2, -0.15) is 0 Å². The molecule has 0 amide bonds. The minimum atomic E-state index is -3.54. The van der Waals surface area contributed by atoms with Crippen LogP contribution in [0.25, 0.3) is 0 Å². The van der Waals surface area contributed by atoms with Gasteiger partial charge < -0.3 is 0 Å². The molecule has 0 saturated carbocycles. The van der Waals surface area contributed by atoms with Crippen molar-refractivity contribution in [3.63, 3.8) is 0 Å². The van der Waals surface area contributed by atoms with E-state index >= 15 is 0 Å². The molecule has 0 aliphatic carbocycles. The summed E-state index contributed by atoms with van der Waals surface area (Å²) in [6.07, 6.45) is 1.86. The third kappa shape index (κ3) is 4.96. The molecule has 3 rings (SSSR count). The van der Waals surface area contributed by atoms with Crippen LogP contribution in [0.4, 0.5) is 8.78 Å². The maximum atomic E-state index is 13.6. The second kappa shape index (κ2) is 8.68. The highest BCUT2D eigenvalue weighted by Gasteiger charge is 2.26. The van der Waals surface area contributed by atoms with E-state index in [0.717, 1.165) is 36.6 Å². The number of likely N-dealkylation sites (tertiary alicyclic amines) is 1. The van der Waals surface area contributed by atoms with Crippen molar-refractivity contribution in [2.24, 2.45) is 5.92 Å². The lowest BCUT2D eigenvalue weighted by Gasteiger charge is -2.37. The van der Waals surface area contributed by atoms with Gasteiger partial charge in [-0.15, -0.1) is 0 Å². The summed E-state index contributed by atoms with van der Waals surface area (Å²) in [6, 6.07) is 10.7. The minimum Gasteiger partial charge on any atom is -0.296 e. The van der Waals surface area contributed by atoms with Crippen LogP contribution in [0.3, 0.4) is 0 Å². The van der Waals surface area contributed by atoms with Crippen LogP contribution in [0.15, 0.2) is 47.4 Å². The van der Waals surface area contributed by atoms with Crippen molar-refractivity contribution in [1.29, 1.82) is 0 Å². The molecule has 28 heavy (non-hydrogen) atoms. The number of hydrogen-bond acceptors (Lipinski definition) is 3. The predicted molar refractivity (Wildman–Crippen MR) is 105 cm³/mol. The molecule has 0 radical (unpaired) electrons. The number of nitrogens with one attached hydrogen (secondary N) is 1.